The molecule has 0 unspecified atom stereocenters. The van der Waals surface area contributed by atoms with Gasteiger partial charge in [-0.1, -0.05) is 66.7 Å². The third-order valence-corrected chi connectivity index (χ3v) is 5.96. The Morgan fingerprint density at radius 3 is 2.21 bits per heavy atom. The Bertz CT molecular complexity index is 1690. The van der Waals surface area contributed by atoms with E-state index >= 15 is 0 Å². The number of aromatic amines is 1. The van der Waals surface area contributed by atoms with Crippen LogP contribution in [-0.2, 0) is 6.18 Å². The second-order valence-corrected chi connectivity index (χ2v) is 8.43. The van der Waals surface area contributed by atoms with Crippen molar-refractivity contribution >= 4 is 11.7 Å². The predicted molar refractivity (Wildman–Crippen MR) is 139 cm³/mol. The number of anilines is 1. The number of carbonyl (C=O) groups is 1. The highest BCUT2D eigenvalue weighted by molar-refractivity contribution is 5.95. The maximum absolute atomic E-state index is 13.6. The van der Waals surface area contributed by atoms with Gasteiger partial charge in [0.1, 0.15) is 6.33 Å². The topological polar surface area (TPSA) is 106 Å². The van der Waals surface area contributed by atoms with E-state index in [1.807, 2.05) is 42.5 Å². The number of H-pyrrole nitrogens is 1. The summed E-state index contributed by atoms with van der Waals surface area (Å²) in [5.41, 5.74) is 8.37. The number of nitrogens with one attached hydrogen (secondary N) is 2. The molecule has 1 heterocycles. The van der Waals surface area contributed by atoms with E-state index in [4.69, 9.17) is 5.73 Å². The van der Waals surface area contributed by atoms with Gasteiger partial charge in [0.25, 0.3) is 0 Å². The highest BCUT2D eigenvalue weighted by Gasteiger charge is 2.30. The number of benzene rings is 4. The minimum Gasteiger partial charge on any atom is -0.351 e. The Labute approximate surface area is 214 Å². The van der Waals surface area contributed by atoms with Gasteiger partial charge in [0.05, 0.1) is 16.9 Å². The lowest BCUT2D eigenvalue weighted by molar-refractivity contribution is -0.137. The molecule has 1 aromatic heterocycles. The maximum atomic E-state index is 13.6. The van der Waals surface area contributed by atoms with Gasteiger partial charge in [-0.2, -0.15) is 18.2 Å². The van der Waals surface area contributed by atoms with Crippen LogP contribution in [0.2, 0.25) is 0 Å². The van der Waals surface area contributed by atoms with Crippen LogP contribution in [-0.4, -0.2) is 20.8 Å². The van der Waals surface area contributed by atoms with Crippen molar-refractivity contribution in [2.75, 3.05) is 5.32 Å². The van der Waals surface area contributed by atoms with Crippen LogP contribution in [0.5, 0.6) is 0 Å². The summed E-state index contributed by atoms with van der Waals surface area (Å²) in [5.74, 6) is 0. The second kappa shape index (κ2) is 9.74. The lowest BCUT2D eigenvalue weighted by Gasteiger charge is -2.18. The molecule has 0 spiro atoms. The van der Waals surface area contributed by atoms with Crippen LogP contribution in [0.25, 0.3) is 39.1 Å². The van der Waals surface area contributed by atoms with Crippen LogP contribution in [0.15, 0.2) is 102 Å². The molecular formula is C28H20F3N5O2. The van der Waals surface area contributed by atoms with Crippen LogP contribution in [0.1, 0.15) is 5.56 Å². The number of alkyl halides is 3. The molecule has 0 aliphatic heterocycles. The van der Waals surface area contributed by atoms with E-state index < -0.39 is 23.5 Å². The number of carbonyl (C=O) groups excluding carboxylic acids is 1. The largest absolute Gasteiger partial charge is 0.416 e. The van der Waals surface area contributed by atoms with Gasteiger partial charge in [0.15, 0.2) is 0 Å². The normalized spacial score (nSPS) is 11.3. The van der Waals surface area contributed by atoms with E-state index in [2.05, 4.69) is 15.4 Å². The molecule has 0 bridgehead atoms. The zero-order chi connectivity index (χ0) is 26.9. The van der Waals surface area contributed by atoms with Crippen molar-refractivity contribution < 1.29 is 18.0 Å². The van der Waals surface area contributed by atoms with E-state index in [0.29, 0.717) is 33.6 Å². The first-order valence-corrected chi connectivity index (χ1v) is 11.4. The average Bonchev–Trinajstić information content (AvgIpc) is 3.33. The highest BCUT2D eigenvalue weighted by atomic mass is 19.4. The van der Waals surface area contributed by atoms with Gasteiger partial charge in [-0.05, 0) is 52.1 Å². The number of aromatic nitrogens is 3. The van der Waals surface area contributed by atoms with Crippen LogP contribution in [0.4, 0.5) is 23.7 Å². The van der Waals surface area contributed by atoms with E-state index in [-0.39, 0.29) is 0 Å². The SMILES string of the molecule is NC(=O)Nc1cccc(-c2ccc(-c3ccccc3)c(-c3cccc(C(F)(F)F)c3)c2)c1-n1cnc(=O)[nH]1. The van der Waals surface area contributed by atoms with Crippen molar-refractivity contribution in [2.45, 2.75) is 6.18 Å². The minimum absolute atomic E-state index is 0.302. The molecule has 0 atom stereocenters. The average molecular weight is 515 g/mol. The second-order valence-electron chi connectivity index (χ2n) is 8.43. The van der Waals surface area contributed by atoms with Crippen molar-refractivity contribution in [3.05, 3.63) is 113 Å². The summed E-state index contributed by atoms with van der Waals surface area (Å²) in [7, 11) is 0. The zero-order valence-corrected chi connectivity index (χ0v) is 19.7. The van der Waals surface area contributed by atoms with Crippen molar-refractivity contribution in [3.8, 4) is 39.1 Å². The van der Waals surface area contributed by atoms with Crippen molar-refractivity contribution in [1.29, 1.82) is 0 Å². The molecule has 7 nitrogen and oxygen atoms in total. The third-order valence-electron chi connectivity index (χ3n) is 5.96. The van der Waals surface area contributed by atoms with Gasteiger partial charge in [-0.25, -0.2) is 19.4 Å². The predicted octanol–water partition coefficient (Wildman–Crippen LogP) is 6.07. The Kier molecular flexibility index (Phi) is 6.29. The number of halogens is 3. The maximum Gasteiger partial charge on any atom is 0.416 e. The van der Waals surface area contributed by atoms with Crippen LogP contribution >= 0.6 is 0 Å². The van der Waals surface area contributed by atoms with E-state index in [1.165, 1.54) is 17.1 Å². The first-order chi connectivity index (χ1) is 18.2. The van der Waals surface area contributed by atoms with Crippen molar-refractivity contribution in [1.82, 2.24) is 14.8 Å². The lowest BCUT2D eigenvalue weighted by atomic mass is 9.90. The Balaban J connectivity index is 1.77. The van der Waals surface area contributed by atoms with Gasteiger partial charge >= 0.3 is 17.9 Å². The van der Waals surface area contributed by atoms with Gasteiger partial charge in [-0.15, -0.1) is 0 Å². The summed E-state index contributed by atoms with van der Waals surface area (Å²) < 4.78 is 42.0. The molecule has 10 heteroatoms. The number of nitrogens with zero attached hydrogens (tertiary/aromatic N) is 2. The van der Waals surface area contributed by atoms with Crippen LogP contribution in [0, 0.1) is 0 Å². The van der Waals surface area contributed by atoms with E-state index in [9.17, 15) is 22.8 Å². The number of rotatable bonds is 5. The van der Waals surface area contributed by atoms with Gasteiger partial charge in [-0.3, -0.25) is 0 Å². The molecule has 0 radical (unpaired) electrons. The van der Waals surface area contributed by atoms with Crippen molar-refractivity contribution in [3.63, 3.8) is 0 Å². The summed E-state index contributed by atoms with van der Waals surface area (Å²) >= 11 is 0. The molecule has 0 aliphatic rings. The molecule has 0 saturated heterocycles. The molecule has 5 rings (SSSR count). The molecule has 2 amide bonds. The van der Waals surface area contributed by atoms with Crippen LogP contribution < -0.4 is 16.7 Å². The quantitative estimate of drug-likeness (QED) is 0.264. The summed E-state index contributed by atoms with van der Waals surface area (Å²) in [6.45, 7) is 0. The number of hydrogen-bond acceptors (Lipinski definition) is 3. The zero-order valence-electron chi connectivity index (χ0n) is 19.7. The molecule has 0 aliphatic carbocycles. The first-order valence-electron chi connectivity index (χ1n) is 11.4. The highest BCUT2D eigenvalue weighted by Crippen LogP contribution is 2.40. The first kappa shape index (κ1) is 24.6. The lowest BCUT2D eigenvalue weighted by Crippen LogP contribution is -2.21. The summed E-state index contributed by atoms with van der Waals surface area (Å²) in [5, 5.41) is 5.10. The fourth-order valence-corrected chi connectivity index (χ4v) is 4.34. The smallest absolute Gasteiger partial charge is 0.351 e. The molecule has 5 aromatic rings. The fourth-order valence-electron chi connectivity index (χ4n) is 4.34. The van der Waals surface area contributed by atoms with Crippen molar-refractivity contribution in [2.24, 2.45) is 5.73 Å². The summed E-state index contributed by atoms with van der Waals surface area (Å²) in [6.07, 6.45) is -3.24. The molecule has 0 fully saturated rings. The van der Waals surface area contributed by atoms with E-state index in [1.54, 1.807) is 30.3 Å². The Morgan fingerprint density at radius 2 is 1.53 bits per heavy atom. The fraction of sp³-hybridized carbons (Fsp3) is 0.0357. The minimum atomic E-state index is -4.50. The molecule has 4 aromatic carbocycles. The molecule has 0 saturated carbocycles. The van der Waals surface area contributed by atoms with E-state index in [0.717, 1.165) is 23.3 Å². The Hall–Kier alpha value is -5.12. The molecular weight excluding hydrogens is 495 g/mol. The standard InChI is InChI=1S/C28H20F3N5O2/c29-28(30,31)20-9-4-8-18(14-20)23-15-19(12-13-21(23)17-6-2-1-3-7-17)22-10-5-11-24(34-26(32)37)25(22)36-16-33-27(38)35-36/h1-16H,(H,35,38)(H3,32,34,37). The number of urea groups is 1. The third kappa shape index (κ3) is 4.92. The number of primary amides is 1. The number of hydrogen-bond donors (Lipinski definition) is 3. The molecule has 38 heavy (non-hydrogen) atoms. The molecule has 4 N–H and O–H groups in total. The summed E-state index contributed by atoms with van der Waals surface area (Å²) in [4.78, 5) is 27.2. The van der Waals surface area contributed by atoms with Gasteiger partial charge < -0.3 is 11.1 Å². The number of amides is 2. The number of para-hydroxylation sites is 1. The van der Waals surface area contributed by atoms with Gasteiger partial charge in [0.2, 0.25) is 0 Å². The molecule has 190 valence electrons. The summed E-state index contributed by atoms with van der Waals surface area (Å²) in [6, 6.07) is 24.1. The monoisotopic (exact) mass is 515 g/mol. The van der Waals surface area contributed by atoms with Gasteiger partial charge in [0, 0.05) is 5.56 Å². The Morgan fingerprint density at radius 1 is 0.816 bits per heavy atom. The number of nitrogens with two attached hydrogens (primary N) is 1. The van der Waals surface area contributed by atoms with Crippen LogP contribution in [0.3, 0.4) is 0 Å².